The average Bonchev–Trinajstić information content (AvgIpc) is 2.23. The molecule has 5 heteroatoms. The summed E-state index contributed by atoms with van der Waals surface area (Å²) in [7, 11) is 0. The minimum atomic E-state index is -0.853. The molecule has 0 spiro atoms. The molecule has 0 aliphatic carbocycles. The molecule has 82 valence electrons. The lowest BCUT2D eigenvalue weighted by Crippen LogP contribution is -2.14. The van der Waals surface area contributed by atoms with Crippen molar-refractivity contribution in [3.05, 3.63) is 46.0 Å². The van der Waals surface area contributed by atoms with E-state index in [0.717, 1.165) is 12.1 Å². The number of rotatable bonds is 4. The van der Waals surface area contributed by atoms with Crippen LogP contribution in [-0.2, 0) is 6.54 Å². The molecule has 15 heavy (non-hydrogen) atoms. The SMILES string of the molecule is Fc1ccc(CNCC(Cl)=CCl)cc1F. The van der Waals surface area contributed by atoms with Crippen LogP contribution in [-0.4, -0.2) is 6.54 Å². The molecule has 0 aromatic heterocycles. The zero-order valence-corrected chi connectivity index (χ0v) is 9.25. The Morgan fingerprint density at radius 3 is 2.67 bits per heavy atom. The van der Waals surface area contributed by atoms with Gasteiger partial charge in [-0.05, 0) is 17.7 Å². The van der Waals surface area contributed by atoms with E-state index < -0.39 is 11.6 Å². The fourth-order valence-electron chi connectivity index (χ4n) is 1.01. The van der Waals surface area contributed by atoms with Crippen LogP contribution in [0.25, 0.3) is 0 Å². The van der Waals surface area contributed by atoms with Crippen molar-refractivity contribution in [2.75, 3.05) is 6.54 Å². The summed E-state index contributed by atoms with van der Waals surface area (Å²) >= 11 is 11.0. The Bertz CT molecular complexity index is 366. The van der Waals surface area contributed by atoms with Gasteiger partial charge in [-0.1, -0.05) is 29.3 Å². The van der Waals surface area contributed by atoms with Crippen LogP contribution in [0.5, 0.6) is 0 Å². The second kappa shape index (κ2) is 6.05. The highest BCUT2D eigenvalue weighted by molar-refractivity contribution is 6.36. The molecule has 0 atom stereocenters. The Morgan fingerprint density at radius 1 is 1.33 bits per heavy atom. The van der Waals surface area contributed by atoms with Crippen LogP contribution in [0, 0.1) is 11.6 Å². The molecular weight excluding hydrogens is 243 g/mol. The highest BCUT2D eigenvalue weighted by Crippen LogP contribution is 2.08. The summed E-state index contributed by atoms with van der Waals surface area (Å²) in [6.45, 7) is 0.794. The van der Waals surface area contributed by atoms with Crippen molar-refractivity contribution in [1.82, 2.24) is 5.32 Å². The van der Waals surface area contributed by atoms with E-state index in [4.69, 9.17) is 23.2 Å². The van der Waals surface area contributed by atoms with Gasteiger partial charge < -0.3 is 5.32 Å². The third kappa shape index (κ3) is 4.16. The molecule has 0 amide bonds. The van der Waals surface area contributed by atoms with Gasteiger partial charge in [0.25, 0.3) is 0 Å². The van der Waals surface area contributed by atoms with Crippen molar-refractivity contribution in [2.45, 2.75) is 6.54 Å². The largest absolute Gasteiger partial charge is 0.308 e. The van der Waals surface area contributed by atoms with E-state index in [1.54, 1.807) is 0 Å². The first-order valence-corrected chi connectivity index (χ1v) is 5.04. The molecule has 0 aliphatic heterocycles. The van der Waals surface area contributed by atoms with E-state index in [1.807, 2.05) is 0 Å². The third-order valence-electron chi connectivity index (χ3n) is 1.73. The topological polar surface area (TPSA) is 12.0 Å². The Morgan fingerprint density at radius 2 is 2.07 bits per heavy atom. The van der Waals surface area contributed by atoms with Crippen molar-refractivity contribution < 1.29 is 8.78 Å². The average molecular weight is 252 g/mol. The molecule has 1 nitrogen and oxygen atoms in total. The Kier molecular flexibility index (Phi) is 5.02. The first-order chi connectivity index (χ1) is 7.13. The molecule has 0 saturated heterocycles. The van der Waals surface area contributed by atoms with Crippen LogP contribution < -0.4 is 5.32 Å². The first kappa shape index (κ1) is 12.4. The van der Waals surface area contributed by atoms with Gasteiger partial charge in [0.05, 0.1) is 0 Å². The second-order valence-corrected chi connectivity index (χ2v) is 3.61. The molecule has 0 aliphatic rings. The van der Waals surface area contributed by atoms with Crippen molar-refractivity contribution in [1.29, 1.82) is 0 Å². The Hall–Kier alpha value is -0.640. The number of nitrogens with one attached hydrogen (secondary N) is 1. The maximum atomic E-state index is 12.8. The van der Waals surface area contributed by atoms with Crippen LogP contribution in [0.2, 0.25) is 0 Å². The monoisotopic (exact) mass is 251 g/mol. The van der Waals surface area contributed by atoms with Gasteiger partial charge in [0.1, 0.15) is 0 Å². The predicted octanol–water partition coefficient (Wildman–Crippen LogP) is 3.37. The van der Waals surface area contributed by atoms with Crippen molar-refractivity contribution in [3.8, 4) is 0 Å². The molecule has 1 rings (SSSR count). The van der Waals surface area contributed by atoms with Gasteiger partial charge in [-0.3, -0.25) is 0 Å². The maximum Gasteiger partial charge on any atom is 0.159 e. The molecule has 1 N–H and O–H groups in total. The third-order valence-corrected chi connectivity index (χ3v) is 2.34. The lowest BCUT2D eigenvalue weighted by atomic mass is 10.2. The standard InChI is InChI=1S/C10H9Cl2F2N/c11-4-8(12)6-15-5-7-1-2-9(13)10(14)3-7/h1-4,15H,5-6H2. The van der Waals surface area contributed by atoms with Gasteiger partial charge in [-0.2, -0.15) is 0 Å². The number of halogens is 4. The van der Waals surface area contributed by atoms with Gasteiger partial charge in [-0.15, -0.1) is 0 Å². The molecule has 0 bridgehead atoms. The van der Waals surface area contributed by atoms with E-state index >= 15 is 0 Å². The van der Waals surface area contributed by atoms with E-state index in [1.165, 1.54) is 11.6 Å². The van der Waals surface area contributed by atoms with Crippen LogP contribution in [0.4, 0.5) is 8.78 Å². The fraction of sp³-hybridized carbons (Fsp3) is 0.200. The Labute approximate surface area is 96.7 Å². The van der Waals surface area contributed by atoms with E-state index in [9.17, 15) is 8.78 Å². The molecule has 1 aromatic rings. The second-order valence-electron chi connectivity index (χ2n) is 2.91. The lowest BCUT2D eigenvalue weighted by molar-refractivity contribution is 0.506. The summed E-state index contributed by atoms with van der Waals surface area (Å²) in [5.74, 6) is -1.70. The maximum absolute atomic E-state index is 12.8. The van der Waals surface area contributed by atoms with Gasteiger partial charge in [0.15, 0.2) is 11.6 Å². The molecule has 1 aromatic carbocycles. The van der Waals surface area contributed by atoms with Crippen molar-refractivity contribution in [2.24, 2.45) is 0 Å². The summed E-state index contributed by atoms with van der Waals surface area (Å²) in [5, 5.41) is 3.38. The number of hydrogen-bond donors (Lipinski definition) is 1. The fourth-order valence-corrected chi connectivity index (χ4v) is 1.19. The summed E-state index contributed by atoms with van der Waals surface area (Å²) in [6.07, 6.45) is 0. The van der Waals surface area contributed by atoms with Crippen molar-refractivity contribution in [3.63, 3.8) is 0 Å². The first-order valence-electron chi connectivity index (χ1n) is 4.23. The van der Waals surface area contributed by atoms with Crippen LogP contribution >= 0.6 is 23.2 Å². The summed E-state index contributed by atoms with van der Waals surface area (Å²) in [5.41, 5.74) is 1.90. The van der Waals surface area contributed by atoms with Crippen LogP contribution in [0.1, 0.15) is 5.56 Å². The van der Waals surface area contributed by atoms with E-state index in [0.29, 0.717) is 23.7 Å². The normalized spacial score (nSPS) is 11.9. The summed E-state index contributed by atoms with van der Waals surface area (Å²) < 4.78 is 25.3. The van der Waals surface area contributed by atoms with Crippen LogP contribution in [0.15, 0.2) is 28.8 Å². The minimum Gasteiger partial charge on any atom is -0.308 e. The molecule has 0 radical (unpaired) electrons. The zero-order chi connectivity index (χ0) is 11.3. The molecular formula is C10H9Cl2F2N. The van der Waals surface area contributed by atoms with Gasteiger partial charge >= 0.3 is 0 Å². The molecule has 0 heterocycles. The lowest BCUT2D eigenvalue weighted by Gasteiger charge is -2.04. The van der Waals surface area contributed by atoms with Gasteiger partial charge in [0, 0.05) is 23.7 Å². The van der Waals surface area contributed by atoms with E-state index in [-0.39, 0.29) is 0 Å². The summed E-state index contributed by atoms with van der Waals surface area (Å²) in [4.78, 5) is 0. The Balaban J connectivity index is 2.48. The van der Waals surface area contributed by atoms with Gasteiger partial charge in [0.2, 0.25) is 0 Å². The minimum absolute atomic E-state index is 0.393. The van der Waals surface area contributed by atoms with E-state index in [2.05, 4.69) is 5.32 Å². The highest BCUT2D eigenvalue weighted by Gasteiger charge is 2.01. The molecule has 0 unspecified atom stereocenters. The van der Waals surface area contributed by atoms with Gasteiger partial charge in [-0.25, -0.2) is 8.78 Å². The number of benzene rings is 1. The summed E-state index contributed by atoms with van der Waals surface area (Å²) in [6, 6.07) is 3.73. The molecule has 0 fully saturated rings. The molecule has 0 saturated carbocycles. The predicted molar refractivity (Wildman–Crippen MR) is 57.9 cm³/mol. The van der Waals surface area contributed by atoms with Crippen molar-refractivity contribution >= 4 is 23.2 Å². The van der Waals surface area contributed by atoms with Crippen LogP contribution in [0.3, 0.4) is 0 Å². The quantitative estimate of drug-likeness (QED) is 0.866. The smallest absolute Gasteiger partial charge is 0.159 e. The number of hydrogen-bond acceptors (Lipinski definition) is 1. The zero-order valence-electron chi connectivity index (χ0n) is 7.74. The highest BCUT2D eigenvalue weighted by atomic mass is 35.5.